The van der Waals surface area contributed by atoms with Crippen molar-refractivity contribution in [3.8, 4) is 45.0 Å². The molecule has 12 aromatic heterocycles. The Kier molecular flexibility index (Phi) is 23.0. The number of nitrogens with zero attached hydrogens (tertiary/aromatic N) is 8. The lowest BCUT2D eigenvalue weighted by molar-refractivity contribution is -0.660. The first-order chi connectivity index (χ1) is 55.5. The first-order valence-corrected chi connectivity index (χ1v) is 42.7. The Bertz CT molecular complexity index is 6350. The molecule has 0 unspecified atom stereocenters. The van der Waals surface area contributed by atoms with E-state index in [0.29, 0.717) is 29.4 Å². The number of hydrogen-bond donors (Lipinski definition) is 0. The zero-order valence-electron chi connectivity index (χ0n) is 72.6. The molecule has 0 radical (unpaired) electrons. The fraction of sp³-hybridized carbons (Fsp3) is 0.385. The van der Waals surface area contributed by atoms with E-state index in [2.05, 4.69) is 320 Å². The minimum Gasteiger partial charge on any atom is -0.437 e. The van der Waals surface area contributed by atoms with Crippen LogP contribution in [-0.4, -0.2) is 19.9 Å². The summed E-state index contributed by atoms with van der Waals surface area (Å²) in [5.74, 6) is 2.47. The largest absolute Gasteiger partial charge is 0.437 e. The van der Waals surface area contributed by atoms with Crippen LogP contribution < -0.4 is 18.3 Å². The van der Waals surface area contributed by atoms with Gasteiger partial charge in [0, 0.05) is 124 Å². The van der Waals surface area contributed by atoms with E-state index < -0.39 is 0 Å². The van der Waals surface area contributed by atoms with E-state index in [1.807, 2.05) is 13.0 Å². The normalized spacial score (nSPS) is 13.8. The number of fused-ring (bicyclic) bond motifs is 12. The van der Waals surface area contributed by atoms with E-state index in [9.17, 15) is 0 Å². The van der Waals surface area contributed by atoms with Gasteiger partial charge in [0.15, 0.2) is 47.1 Å². The number of aromatic nitrogens is 8. The van der Waals surface area contributed by atoms with Crippen molar-refractivity contribution in [2.24, 2.45) is 50.9 Å². The Morgan fingerprint density at radius 2 is 0.629 bits per heavy atom. The molecule has 0 saturated heterocycles. The van der Waals surface area contributed by atoms with Crippen LogP contribution in [0.2, 0.25) is 0 Å². The number of furan rings is 4. The second-order valence-corrected chi connectivity index (χ2v) is 37.1. The number of rotatable bonds is 13. The van der Waals surface area contributed by atoms with Crippen LogP contribution in [-0.2, 0) is 60.3 Å². The summed E-state index contributed by atoms with van der Waals surface area (Å²) in [6.45, 7) is 35.4. The van der Waals surface area contributed by atoms with E-state index in [0.717, 1.165) is 149 Å². The van der Waals surface area contributed by atoms with Crippen LogP contribution in [0.25, 0.3) is 133 Å². The highest BCUT2D eigenvalue weighted by Crippen LogP contribution is 2.44. The van der Waals surface area contributed by atoms with Crippen LogP contribution in [0.4, 0.5) is 0 Å². The van der Waals surface area contributed by atoms with Gasteiger partial charge in [0.25, 0.3) is 0 Å². The topological polar surface area (TPSA) is 120 Å². The summed E-state index contributed by atoms with van der Waals surface area (Å²) < 4.78 is 34.4. The predicted octanol–water partition coefficient (Wildman–Crippen LogP) is 25.3. The third-order valence-corrected chi connectivity index (χ3v) is 23.8. The van der Waals surface area contributed by atoms with Crippen molar-refractivity contribution in [3.63, 3.8) is 0 Å². The van der Waals surface area contributed by atoms with Crippen LogP contribution >= 0.6 is 0 Å². The Morgan fingerprint density at radius 3 is 0.957 bits per heavy atom. The first-order valence-electron chi connectivity index (χ1n) is 42.7. The minimum absolute atomic E-state index is 0.270. The molecule has 0 aliphatic heterocycles. The summed E-state index contributed by atoms with van der Waals surface area (Å²) in [5, 5.41) is 8.96. The van der Waals surface area contributed by atoms with Gasteiger partial charge in [-0.15, -0.1) is 0 Å². The molecule has 2 aliphatic rings. The van der Waals surface area contributed by atoms with E-state index in [1.54, 1.807) is 0 Å². The molecule has 2 saturated carbocycles. The van der Waals surface area contributed by atoms with Crippen molar-refractivity contribution in [1.29, 1.82) is 0 Å². The molecular formula is C104H120N8O4+4. The molecule has 0 N–H and O–H groups in total. The third kappa shape index (κ3) is 17.0. The molecule has 12 nitrogen and oxygen atoms in total. The van der Waals surface area contributed by atoms with Gasteiger partial charge >= 0.3 is 0 Å². The van der Waals surface area contributed by atoms with Gasteiger partial charge in [-0.25, -0.2) is 38.2 Å². The average molecular weight is 1550 g/mol. The summed E-state index contributed by atoms with van der Waals surface area (Å²) in [6.07, 6.45) is 25.8. The number of benzene rings is 4. The summed E-state index contributed by atoms with van der Waals surface area (Å²) in [6, 6.07) is 52.6. The molecule has 12 heterocycles. The summed E-state index contributed by atoms with van der Waals surface area (Å²) in [4.78, 5) is 19.2. The maximum absolute atomic E-state index is 6.48. The van der Waals surface area contributed by atoms with Gasteiger partial charge in [-0.3, -0.25) is 0 Å². The molecule has 0 bridgehead atoms. The van der Waals surface area contributed by atoms with Crippen LogP contribution in [0.5, 0.6) is 0 Å². The Balaban J connectivity index is 0.000000122. The summed E-state index contributed by atoms with van der Waals surface area (Å²) in [7, 11) is 8.51. The number of pyridine rings is 8. The van der Waals surface area contributed by atoms with Gasteiger partial charge in [-0.1, -0.05) is 157 Å². The maximum atomic E-state index is 6.48. The molecule has 0 atom stereocenters. The summed E-state index contributed by atoms with van der Waals surface area (Å²) >= 11 is 0. The van der Waals surface area contributed by atoms with Crippen molar-refractivity contribution in [2.75, 3.05) is 0 Å². The number of aryl methyl sites for hydroxylation is 10. The quantitative estimate of drug-likeness (QED) is 0.105. The van der Waals surface area contributed by atoms with Crippen molar-refractivity contribution < 1.29 is 35.9 Å². The van der Waals surface area contributed by atoms with Crippen LogP contribution in [0.15, 0.2) is 188 Å². The van der Waals surface area contributed by atoms with Crippen molar-refractivity contribution in [3.05, 3.63) is 238 Å². The highest BCUT2D eigenvalue weighted by molar-refractivity contribution is 6.12. The molecule has 18 rings (SSSR count). The Morgan fingerprint density at radius 1 is 0.336 bits per heavy atom. The van der Waals surface area contributed by atoms with Gasteiger partial charge < -0.3 is 17.7 Å². The van der Waals surface area contributed by atoms with Gasteiger partial charge in [0.2, 0.25) is 45.6 Å². The Labute approximate surface area is 686 Å². The van der Waals surface area contributed by atoms with Gasteiger partial charge in [0.1, 0.15) is 28.2 Å². The predicted molar refractivity (Wildman–Crippen MR) is 476 cm³/mol. The molecule has 0 spiro atoms. The van der Waals surface area contributed by atoms with Crippen LogP contribution in [0.1, 0.15) is 213 Å². The zero-order valence-corrected chi connectivity index (χ0v) is 72.6. The molecule has 4 aromatic carbocycles. The van der Waals surface area contributed by atoms with E-state index in [4.69, 9.17) is 32.6 Å². The van der Waals surface area contributed by atoms with Crippen molar-refractivity contribution >= 4 is 88.3 Å². The lowest BCUT2D eigenvalue weighted by atomic mass is 9.86. The fourth-order valence-corrected chi connectivity index (χ4v) is 18.3. The molecule has 116 heavy (non-hydrogen) atoms. The van der Waals surface area contributed by atoms with E-state index in [1.165, 1.54) is 136 Å². The second-order valence-electron chi connectivity index (χ2n) is 37.1. The van der Waals surface area contributed by atoms with Crippen molar-refractivity contribution in [1.82, 2.24) is 19.9 Å². The lowest BCUT2D eigenvalue weighted by Crippen LogP contribution is -2.32. The molecule has 12 heteroatoms. The van der Waals surface area contributed by atoms with Gasteiger partial charge in [0.05, 0.1) is 22.3 Å². The smallest absolute Gasteiger partial charge is 0.227 e. The Hall–Kier alpha value is -10.7. The molecule has 596 valence electrons. The molecule has 16 aromatic rings. The van der Waals surface area contributed by atoms with Crippen molar-refractivity contribution in [2.45, 2.75) is 213 Å². The average Bonchev–Trinajstić information content (AvgIpc) is 1.60. The van der Waals surface area contributed by atoms with Gasteiger partial charge in [-0.05, 0) is 210 Å². The van der Waals surface area contributed by atoms with Crippen LogP contribution in [0, 0.1) is 57.3 Å². The third-order valence-electron chi connectivity index (χ3n) is 23.8. The van der Waals surface area contributed by atoms with E-state index >= 15 is 0 Å². The number of hydrogen-bond acceptors (Lipinski definition) is 8. The molecule has 0 amide bonds. The van der Waals surface area contributed by atoms with Gasteiger partial charge in [-0.2, -0.15) is 0 Å². The fourth-order valence-electron chi connectivity index (χ4n) is 18.3. The highest BCUT2D eigenvalue weighted by Gasteiger charge is 2.30. The molecule has 2 aliphatic carbocycles. The van der Waals surface area contributed by atoms with E-state index in [-0.39, 0.29) is 10.8 Å². The lowest BCUT2D eigenvalue weighted by Gasteiger charge is -2.20. The summed E-state index contributed by atoms with van der Waals surface area (Å²) in [5.41, 5.74) is 31.4. The molecule has 2 fully saturated rings. The molecular weight excluding hydrogens is 1430 g/mol. The second kappa shape index (κ2) is 33.1. The highest BCUT2D eigenvalue weighted by atomic mass is 16.4. The minimum atomic E-state index is 0.270. The standard InChI is InChI=1S/C28H33N2O.C27H31N2O.C25H29N2O.C24H27N2O/c1-18(2)16-20-11-15-25(30(4)17-20)26-19(3)10-12-22-23-13-14-24(21-8-6-5-7-9-21)29-28(23)31-27(22)26;1-17(2)15-19-10-14-24(29(4)16-19)25-18(3)9-11-21-22-12-13-23(20-7-5-6-8-20)28-27(22)30-26(21)25;1-7-18-10-12-20-19-11-8-16(2)22(23(19)28-24(20)26-18)21-13-9-17(15-27(21)6)14-25(3,4)5;1-15-7-10-18-19-11-8-16(2)25-23(19)27-22(18)21(15)20-12-9-17(14-26(20)6)13-24(3,4)5/h10-15,17-18,21H,5-9,16H2,1-4H3;9-14,16-17,20H,5-8,15H2,1-4H3;8-13,15H,7,14H2,1-6H3;7-12,14H,13H2,1-6H3/q4*+1. The van der Waals surface area contributed by atoms with Crippen LogP contribution in [0.3, 0.4) is 0 Å². The first kappa shape index (κ1) is 80.5. The maximum Gasteiger partial charge on any atom is 0.227 e. The monoisotopic (exact) mass is 1540 g/mol. The SMILES string of the molecule is CCc1ccc2c(n1)oc1c(-c3ccc(CC(C)(C)C)c[n+]3C)c(C)ccc12.Cc1ccc2c(n1)oc1c(-c3ccc(CC(C)(C)C)c[n+]3C)c(C)ccc12.Cc1ccc2c(oc3nc(C4CCCC4)ccc32)c1-c1ccc(CC(C)C)c[n+]1C.Cc1ccc2c(oc3nc(C4CCCCC4)ccc32)c1-c1ccc(CC(C)C)c[n+]1C. The zero-order chi connectivity index (χ0) is 81.8.